The Labute approximate surface area is 116 Å². The van der Waals surface area contributed by atoms with E-state index in [1.54, 1.807) is 7.11 Å². The average Bonchev–Trinajstić information content (AvgIpc) is 2.65. The third-order valence-electron chi connectivity index (χ3n) is 3.57. The van der Waals surface area contributed by atoms with Crippen molar-refractivity contribution in [2.45, 2.75) is 59.1 Å². The van der Waals surface area contributed by atoms with Crippen LogP contribution in [-0.2, 0) is 4.74 Å². The Kier molecular flexibility index (Phi) is 5.83. The van der Waals surface area contributed by atoms with Gasteiger partial charge in [-0.15, -0.1) is 11.3 Å². The van der Waals surface area contributed by atoms with Crippen molar-refractivity contribution in [2.24, 2.45) is 0 Å². The van der Waals surface area contributed by atoms with Gasteiger partial charge in [0, 0.05) is 22.9 Å². The molecule has 0 saturated heterocycles. The molecule has 104 valence electrons. The SMILES string of the molecule is CCNC(CCC(C)(C)OC)c1cc(C)c(C)s1. The van der Waals surface area contributed by atoms with Crippen molar-refractivity contribution in [2.75, 3.05) is 13.7 Å². The Balaban J connectivity index is 2.71. The number of rotatable bonds is 7. The van der Waals surface area contributed by atoms with Gasteiger partial charge in [-0.3, -0.25) is 0 Å². The van der Waals surface area contributed by atoms with Crippen LogP contribution in [0.1, 0.15) is 55.0 Å². The molecule has 0 aliphatic carbocycles. The number of methoxy groups -OCH3 is 1. The Morgan fingerprint density at radius 3 is 2.50 bits per heavy atom. The second-order valence-corrected chi connectivity index (χ2v) is 6.79. The summed E-state index contributed by atoms with van der Waals surface area (Å²) in [6.07, 6.45) is 2.19. The van der Waals surface area contributed by atoms with E-state index >= 15 is 0 Å². The van der Waals surface area contributed by atoms with Gasteiger partial charge < -0.3 is 10.1 Å². The van der Waals surface area contributed by atoms with Gasteiger partial charge >= 0.3 is 0 Å². The zero-order chi connectivity index (χ0) is 13.8. The van der Waals surface area contributed by atoms with Gasteiger partial charge in [0.2, 0.25) is 0 Å². The topological polar surface area (TPSA) is 21.3 Å². The maximum Gasteiger partial charge on any atom is 0.0623 e. The van der Waals surface area contributed by atoms with Gasteiger partial charge in [-0.25, -0.2) is 0 Å². The highest BCUT2D eigenvalue weighted by Gasteiger charge is 2.21. The summed E-state index contributed by atoms with van der Waals surface area (Å²) in [5.74, 6) is 0. The van der Waals surface area contributed by atoms with E-state index in [4.69, 9.17) is 4.74 Å². The van der Waals surface area contributed by atoms with Gasteiger partial charge in [-0.05, 0) is 58.7 Å². The van der Waals surface area contributed by atoms with Crippen molar-refractivity contribution in [1.82, 2.24) is 5.32 Å². The lowest BCUT2D eigenvalue weighted by atomic mass is 9.98. The first-order valence-corrected chi connectivity index (χ1v) is 7.56. The number of nitrogens with one attached hydrogen (secondary N) is 1. The molecule has 0 spiro atoms. The van der Waals surface area contributed by atoms with Crippen molar-refractivity contribution in [3.8, 4) is 0 Å². The largest absolute Gasteiger partial charge is 0.379 e. The fourth-order valence-corrected chi connectivity index (χ4v) is 3.11. The minimum atomic E-state index is -0.0327. The number of hydrogen-bond donors (Lipinski definition) is 1. The van der Waals surface area contributed by atoms with Crippen LogP contribution >= 0.6 is 11.3 Å². The summed E-state index contributed by atoms with van der Waals surface area (Å²) >= 11 is 1.92. The highest BCUT2D eigenvalue weighted by Crippen LogP contribution is 2.31. The van der Waals surface area contributed by atoms with Gasteiger partial charge in [0.1, 0.15) is 0 Å². The highest BCUT2D eigenvalue weighted by atomic mass is 32.1. The van der Waals surface area contributed by atoms with E-state index < -0.39 is 0 Å². The van der Waals surface area contributed by atoms with Crippen LogP contribution < -0.4 is 5.32 Å². The molecule has 2 nitrogen and oxygen atoms in total. The average molecular weight is 269 g/mol. The first kappa shape index (κ1) is 15.7. The molecule has 1 aromatic rings. The molecule has 0 saturated carbocycles. The van der Waals surface area contributed by atoms with E-state index in [0.29, 0.717) is 6.04 Å². The number of thiophene rings is 1. The number of ether oxygens (including phenoxy) is 1. The summed E-state index contributed by atoms with van der Waals surface area (Å²) in [7, 11) is 1.79. The van der Waals surface area contributed by atoms with E-state index in [1.165, 1.54) is 15.3 Å². The first-order valence-electron chi connectivity index (χ1n) is 6.75. The summed E-state index contributed by atoms with van der Waals surface area (Å²) in [5.41, 5.74) is 1.37. The van der Waals surface area contributed by atoms with Gasteiger partial charge in [0.25, 0.3) is 0 Å². The van der Waals surface area contributed by atoms with Crippen LogP contribution in [0.4, 0.5) is 0 Å². The number of aryl methyl sites for hydroxylation is 2. The van der Waals surface area contributed by atoms with Crippen LogP contribution in [0.2, 0.25) is 0 Å². The third-order valence-corrected chi connectivity index (χ3v) is 4.83. The van der Waals surface area contributed by atoms with Crippen LogP contribution in [0.15, 0.2) is 6.07 Å². The maximum absolute atomic E-state index is 5.51. The van der Waals surface area contributed by atoms with E-state index in [2.05, 4.69) is 46.0 Å². The molecule has 1 N–H and O–H groups in total. The summed E-state index contributed by atoms with van der Waals surface area (Å²) in [5, 5.41) is 3.59. The fraction of sp³-hybridized carbons (Fsp3) is 0.733. The molecule has 1 heterocycles. The number of hydrogen-bond acceptors (Lipinski definition) is 3. The maximum atomic E-state index is 5.51. The van der Waals surface area contributed by atoms with Crippen molar-refractivity contribution in [3.63, 3.8) is 0 Å². The van der Waals surface area contributed by atoms with E-state index in [-0.39, 0.29) is 5.60 Å². The molecule has 1 rings (SSSR count). The molecule has 0 amide bonds. The summed E-state index contributed by atoms with van der Waals surface area (Å²) in [6, 6.07) is 2.79. The first-order chi connectivity index (χ1) is 8.39. The monoisotopic (exact) mass is 269 g/mol. The quantitative estimate of drug-likeness (QED) is 0.800. The Bertz CT molecular complexity index is 351. The third kappa shape index (κ3) is 4.38. The minimum Gasteiger partial charge on any atom is -0.379 e. The molecule has 1 unspecified atom stereocenters. The molecule has 3 heteroatoms. The van der Waals surface area contributed by atoms with Gasteiger partial charge in [0.15, 0.2) is 0 Å². The Morgan fingerprint density at radius 1 is 1.39 bits per heavy atom. The predicted molar refractivity (Wildman–Crippen MR) is 80.5 cm³/mol. The predicted octanol–water partition coefficient (Wildman–Crippen LogP) is 4.22. The molecule has 0 aliphatic rings. The van der Waals surface area contributed by atoms with Gasteiger partial charge in [-0.1, -0.05) is 6.92 Å². The molecular weight excluding hydrogens is 242 g/mol. The van der Waals surface area contributed by atoms with Crippen LogP contribution in [0.25, 0.3) is 0 Å². The normalized spacial score (nSPS) is 13.9. The van der Waals surface area contributed by atoms with Crippen molar-refractivity contribution >= 4 is 11.3 Å². The lowest BCUT2D eigenvalue weighted by molar-refractivity contribution is 0.0118. The highest BCUT2D eigenvalue weighted by molar-refractivity contribution is 7.12. The summed E-state index contributed by atoms with van der Waals surface area (Å²) < 4.78 is 5.51. The lowest BCUT2D eigenvalue weighted by Crippen LogP contribution is -2.27. The molecule has 0 radical (unpaired) electrons. The van der Waals surface area contributed by atoms with E-state index in [9.17, 15) is 0 Å². The zero-order valence-corrected chi connectivity index (χ0v) is 13.4. The molecule has 0 fully saturated rings. The van der Waals surface area contributed by atoms with Crippen molar-refractivity contribution in [1.29, 1.82) is 0 Å². The van der Waals surface area contributed by atoms with Crippen LogP contribution in [0.5, 0.6) is 0 Å². The second kappa shape index (κ2) is 6.69. The molecule has 0 bridgehead atoms. The van der Waals surface area contributed by atoms with Crippen LogP contribution in [0, 0.1) is 13.8 Å². The standard InChI is InChI=1S/C15H27NOS/c1-7-16-13(8-9-15(4,5)17-6)14-10-11(2)12(3)18-14/h10,13,16H,7-9H2,1-6H3. The van der Waals surface area contributed by atoms with E-state index in [0.717, 1.165) is 19.4 Å². The molecular formula is C15H27NOS. The van der Waals surface area contributed by atoms with Gasteiger partial charge in [0.05, 0.1) is 5.60 Å². The molecule has 0 aromatic carbocycles. The van der Waals surface area contributed by atoms with Crippen LogP contribution in [0.3, 0.4) is 0 Å². The molecule has 0 aliphatic heterocycles. The smallest absolute Gasteiger partial charge is 0.0623 e. The summed E-state index contributed by atoms with van der Waals surface area (Å²) in [6.45, 7) is 11.9. The zero-order valence-electron chi connectivity index (χ0n) is 12.6. The Morgan fingerprint density at radius 2 is 2.06 bits per heavy atom. The lowest BCUT2D eigenvalue weighted by Gasteiger charge is -2.26. The molecule has 1 aromatic heterocycles. The fourth-order valence-electron chi connectivity index (χ4n) is 1.96. The second-order valence-electron chi connectivity index (χ2n) is 5.50. The Hall–Kier alpha value is -0.380. The summed E-state index contributed by atoms with van der Waals surface area (Å²) in [4.78, 5) is 2.89. The van der Waals surface area contributed by atoms with E-state index in [1.807, 2.05) is 11.3 Å². The molecule has 18 heavy (non-hydrogen) atoms. The molecule has 1 atom stereocenters. The minimum absolute atomic E-state index is 0.0327. The van der Waals surface area contributed by atoms with Crippen LogP contribution in [-0.4, -0.2) is 19.3 Å². The van der Waals surface area contributed by atoms with Crippen molar-refractivity contribution in [3.05, 3.63) is 21.4 Å². The van der Waals surface area contributed by atoms with Crippen molar-refractivity contribution < 1.29 is 4.74 Å². The van der Waals surface area contributed by atoms with Gasteiger partial charge in [-0.2, -0.15) is 0 Å².